The highest BCUT2D eigenvalue weighted by atomic mass is 32.1. The smallest absolute Gasteiger partial charge is 0.179 e. The van der Waals surface area contributed by atoms with Crippen LogP contribution >= 0.6 is 12.2 Å². The van der Waals surface area contributed by atoms with Gasteiger partial charge in [0.25, 0.3) is 0 Å². The van der Waals surface area contributed by atoms with Crippen molar-refractivity contribution in [1.29, 1.82) is 0 Å². The maximum atomic E-state index is 5.30. The molecule has 2 aromatic heterocycles. The van der Waals surface area contributed by atoms with E-state index in [4.69, 9.17) is 17.0 Å². The summed E-state index contributed by atoms with van der Waals surface area (Å²) in [5.41, 5.74) is 3.00. The number of rotatable bonds is 3. The summed E-state index contributed by atoms with van der Waals surface area (Å²) in [6.07, 6.45) is 0.126. The molecule has 0 fully saturated rings. The lowest BCUT2D eigenvalue weighted by Crippen LogP contribution is -2.15. The highest BCUT2D eigenvalue weighted by Crippen LogP contribution is 2.17. The van der Waals surface area contributed by atoms with Crippen molar-refractivity contribution in [2.45, 2.75) is 26.5 Å². The monoisotopic (exact) mass is 240 g/mol. The standard InChI is InChI=1S/C10H16N4OS/c1-6(15-4)5-14-9-8(11-10(14)16)7(2)12-13(9)3/h6H,5H2,1-4H3,(H,11,16). The average Bonchev–Trinajstić information content (AvgIpc) is 2.68. The number of nitrogens with zero attached hydrogens (tertiary/aromatic N) is 3. The van der Waals surface area contributed by atoms with E-state index in [1.54, 1.807) is 7.11 Å². The summed E-state index contributed by atoms with van der Waals surface area (Å²) in [7, 11) is 3.62. The summed E-state index contributed by atoms with van der Waals surface area (Å²) in [5.74, 6) is 0. The third-order valence-corrected chi connectivity index (χ3v) is 3.09. The van der Waals surface area contributed by atoms with Gasteiger partial charge in [-0.15, -0.1) is 0 Å². The summed E-state index contributed by atoms with van der Waals surface area (Å²) in [6, 6.07) is 0. The van der Waals surface area contributed by atoms with Crippen molar-refractivity contribution in [1.82, 2.24) is 19.3 Å². The molecule has 1 atom stereocenters. The summed E-state index contributed by atoms with van der Waals surface area (Å²) in [6.45, 7) is 4.72. The first-order valence-corrected chi connectivity index (χ1v) is 5.60. The molecule has 0 saturated carbocycles. The lowest BCUT2D eigenvalue weighted by atomic mass is 10.4. The minimum absolute atomic E-state index is 0.126. The molecule has 6 heteroatoms. The molecule has 0 saturated heterocycles. The Labute approximate surface area is 99.0 Å². The zero-order chi connectivity index (χ0) is 11.9. The van der Waals surface area contributed by atoms with E-state index in [1.165, 1.54) is 0 Å². The van der Waals surface area contributed by atoms with E-state index in [2.05, 4.69) is 10.1 Å². The average molecular weight is 240 g/mol. The van der Waals surface area contributed by atoms with Gasteiger partial charge in [-0.05, 0) is 26.1 Å². The van der Waals surface area contributed by atoms with Gasteiger partial charge in [0.15, 0.2) is 10.4 Å². The third-order valence-electron chi connectivity index (χ3n) is 2.77. The van der Waals surface area contributed by atoms with Crippen molar-refractivity contribution in [3.05, 3.63) is 10.5 Å². The Bertz CT molecular complexity index is 565. The summed E-state index contributed by atoms with van der Waals surface area (Å²) in [4.78, 5) is 3.18. The molecule has 0 aliphatic rings. The Hall–Kier alpha value is -1.14. The Kier molecular flexibility index (Phi) is 2.86. The molecule has 0 spiro atoms. The first kappa shape index (κ1) is 11.3. The molecule has 2 aromatic rings. The van der Waals surface area contributed by atoms with E-state index in [0.717, 1.165) is 28.2 Å². The van der Waals surface area contributed by atoms with Crippen molar-refractivity contribution in [2.75, 3.05) is 7.11 Å². The van der Waals surface area contributed by atoms with Gasteiger partial charge in [0, 0.05) is 14.2 Å². The van der Waals surface area contributed by atoms with Crippen molar-refractivity contribution < 1.29 is 4.74 Å². The first-order chi connectivity index (χ1) is 7.54. The van der Waals surface area contributed by atoms with Crippen LogP contribution in [0.1, 0.15) is 12.6 Å². The van der Waals surface area contributed by atoms with E-state index < -0.39 is 0 Å². The van der Waals surface area contributed by atoms with Crippen molar-refractivity contribution in [2.24, 2.45) is 7.05 Å². The molecule has 16 heavy (non-hydrogen) atoms. The quantitative estimate of drug-likeness (QED) is 0.832. The minimum Gasteiger partial charge on any atom is -0.380 e. The van der Waals surface area contributed by atoms with Crippen LogP contribution in [0.3, 0.4) is 0 Å². The van der Waals surface area contributed by atoms with Crippen molar-refractivity contribution in [3.63, 3.8) is 0 Å². The first-order valence-electron chi connectivity index (χ1n) is 5.19. The predicted molar refractivity (Wildman–Crippen MR) is 65.1 cm³/mol. The predicted octanol–water partition coefficient (Wildman–Crippen LogP) is 1.78. The van der Waals surface area contributed by atoms with Gasteiger partial charge < -0.3 is 9.72 Å². The molecule has 1 N–H and O–H groups in total. The van der Waals surface area contributed by atoms with Gasteiger partial charge in [-0.3, -0.25) is 9.25 Å². The number of aryl methyl sites for hydroxylation is 2. The summed E-state index contributed by atoms with van der Waals surface area (Å²) < 4.78 is 9.85. The normalized spacial score (nSPS) is 13.5. The molecule has 88 valence electrons. The van der Waals surface area contributed by atoms with Crippen LogP contribution in [0.5, 0.6) is 0 Å². The summed E-state index contributed by atoms with van der Waals surface area (Å²) >= 11 is 5.30. The van der Waals surface area contributed by atoms with Crippen LogP contribution in [0.4, 0.5) is 0 Å². The second-order valence-electron chi connectivity index (χ2n) is 3.99. The van der Waals surface area contributed by atoms with Gasteiger partial charge in [0.05, 0.1) is 18.3 Å². The van der Waals surface area contributed by atoms with E-state index in [1.807, 2.05) is 30.1 Å². The molecule has 0 radical (unpaired) electrons. The SMILES string of the molecule is COC(C)Cn1c(=S)[nH]c2c(C)nn(C)c21. The van der Waals surface area contributed by atoms with E-state index in [0.29, 0.717) is 0 Å². The molecule has 5 nitrogen and oxygen atoms in total. The molecular weight excluding hydrogens is 224 g/mol. The lowest BCUT2D eigenvalue weighted by molar-refractivity contribution is 0.103. The molecule has 2 heterocycles. The van der Waals surface area contributed by atoms with E-state index in [9.17, 15) is 0 Å². The number of hydrogen-bond donors (Lipinski definition) is 1. The fourth-order valence-electron chi connectivity index (χ4n) is 1.87. The molecule has 1 unspecified atom stereocenters. The molecule has 0 aliphatic carbocycles. The van der Waals surface area contributed by atoms with Crippen molar-refractivity contribution >= 4 is 23.4 Å². The van der Waals surface area contributed by atoms with E-state index >= 15 is 0 Å². The van der Waals surface area contributed by atoms with Crippen LogP contribution in [0.25, 0.3) is 11.2 Å². The number of aromatic amines is 1. The van der Waals surface area contributed by atoms with Crippen LogP contribution in [0.2, 0.25) is 0 Å². The molecule has 0 bridgehead atoms. The number of hydrogen-bond acceptors (Lipinski definition) is 3. The van der Waals surface area contributed by atoms with Gasteiger partial charge in [0.1, 0.15) is 5.52 Å². The minimum atomic E-state index is 0.126. The Morgan fingerprint density at radius 3 is 2.88 bits per heavy atom. The number of imidazole rings is 1. The van der Waals surface area contributed by atoms with Crippen LogP contribution in [-0.2, 0) is 18.3 Å². The highest BCUT2D eigenvalue weighted by molar-refractivity contribution is 7.71. The molecule has 2 rings (SSSR count). The maximum Gasteiger partial charge on any atom is 0.179 e. The molecule has 0 aromatic carbocycles. The number of ether oxygens (including phenoxy) is 1. The fourth-order valence-corrected chi connectivity index (χ4v) is 2.14. The second-order valence-corrected chi connectivity index (χ2v) is 4.38. The Balaban J connectivity index is 2.59. The largest absolute Gasteiger partial charge is 0.380 e. The lowest BCUT2D eigenvalue weighted by Gasteiger charge is -2.10. The molecule has 0 amide bonds. The fraction of sp³-hybridized carbons (Fsp3) is 0.600. The van der Waals surface area contributed by atoms with Gasteiger partial charge in [-0.1, -0.05) is 0 Å². The number of fused-ring (bicyclic) bond motifs is 1. The zero-order valence-corrected chi connectivity index (χ0v) is 10.8. The summed E-state index contributed by atoms with van der Waals surface area (Å²) in [5, 5.41) is 4.36. The third kappa shape index (κ3) is 1.68. The topological polar surface area (TPSA) is 47.8 Å². The van der Waals surface area contributed by atoms with Crippen LogP contribution in [0, 0.1) is 11.7 Å². The number of aromatic nitrogens is 4. The van der Waals surface area contributed by atoms with E-state index in [-0.39, 0.29) is 6.10 Å². The Morgan fingerprint density at radius 2 is 2.25 bits per heavy atom. The number of nitrogens with one attached hydrogen (secondary N) is 1. The van der Waals surface area contributed by atoms with Crippen molar-refractivity contribution in [3.8, 4) is 0 Å². The van der Waals surface area contributed by atoms with Gasteiger partial charge in [-0.2, -0.15) is 5.10 Å². The zero-order valence-electron chi connectivity index (χ0n) is 9.94. The number of H-pyrrole nitrogens is 1. The van der Waals surface area contributed by atoms with Gasteiger partial charge >= 0.3 is 0 Å². The highest BCUT2D eigenvalue weighted by Gasteiger charge is 2.14. The maximum absolute atomic E-state index is 5.30. The molecular formula is C10H16N4OS. The molecule has 0 aliphatic heterocycles. The Morgan fingerprint density at radius 1 is 1.56 bits per heavy atom. The van der Waals surface area contributed by atoms with Gasteiger partial charge in [-0.25, -0.2) is 0 Å². The van der Waals surface area contributed by atoms with Crippen LogP contribution < -0.4 is 0 Å². The second kappa shape index (κ2) is 4.03. The number of methoxy groups -OCH3 is 1. The van der Waals surface area contributed by atoms with Crippen LogP contribution in [0.15, 0.2) is 0 Å². The van der Waals surface area contributed by atoms with Gasteiger partial charge in [0.2, 0.25) is 0 Å². The van der Waals surface area contributed by atoms with Crippen LogP contribution in [-0.4, -0.2) is 32.5 Å².